The molecule has 0 aliphatic heterocycles. The molecule has 0 spiro atoms. The Morgan fingerprint density at radius 3 is 2.19 bits per heavy atom. The highest BCUT2D eigenvalue weighted by Crippen LogP contribution is 2.25. The Bertz CT molecular complexity index is 807. The molecule has 0 unspecified atom stereocenters. The number of aryl methyl sites for hydroxylation is 1. The van der Waals surface area contributed by atoms with Crippen LogP contribution in [-0.2, 0) is 6.42 Å². The van der Waals surface area contributed by atoms with Gasteiger partial charge in [0.25, 0.3) is 0 Å². The molecule has 0 saturated carbocycles. The van der Waals surface area contributed by atoms with Crippen molar-refractivity contribution in [2.75, 3.05) is 0 Å². The molecule has 1 nitrogen and oxygen atoms in total. The third kappa shape index (κ3) is 2.80. The maximum absolute atomic E-state index is 8.86. The van der Waals surface area contributed by atoms with Crippen LogP contribution in [0, 0.1) is 11.3 Å². The van der Waals surface area contributed by atoms with Gasteiger partial charge in [0.1, 0.15) is 0 Å². The number of fused-ring (bicyclic) bond motifs is 1. The maximum atomic E-state index is 8.86. The summed E-state index contributed by atoms with van der Waals surface area (Å²) >= 11 is 0. The lowest BCUT2D eigenvalue weighted by molar-refractivity contribution is 0.924. The standard InChI is InChI=1S/C20H17N/c1-2-3-15-4-9-20-13-19(11-10-18(20)12-15)17-7-5-16(14-21)6-8-17/h4-13H,2-3H2,1H3. The first-order valence-electron chi connectivity index (χ1n) is 7.33. The first kappa shape index (κ1) is 13.4. The van der Waals surface area contributed by atoms with Crippen LogP contribution in [-0.4, -0.2) is 0 Å². The average molecular weight is 271 g/mol. The van der Waals surface area contributed by atoms with Crippen LogP contribution in [0.1, 0.15) is 24.5 Å². The Morgan fingerprint density at radius 2 is 1.48 bits per heavy atom. The van der Waals surface area contributed by atoms with Gasteiger partial charge in [-0.25, -0.2) is 0 Å². The smallest absolute Gasteiger partial charge is 0.0991 e. The summed E-state index contributed by atoms with van der Waals surface area (Å²) in [7, 11) is 0. The van der Waals surface area contributed by atoms with Gasteiger partial charge in [-0.2, -0.15) is 5.26 Å². The van der Waals surface area contributed by atoms with Gasteiger partial charge in [-0.3, -0.25) is 0 Å². The Labute approximate surface area is 125 Å². The fourth-order valence-corrected chi connectivity index (χ4v) is 2.66. The predicted molar refractivity (Wildman–Crippen MR) is 88.1 cm³/mol. The zero-order valence-corrected chi connectivity index (χ0v) is 12.1. The van der Waals surface area contributed by atoms with Crippen LogP contribution in [0.3, 0.4) is 0 Å². The molecule has 0 bridgehead atoms. The van der Waals surface area contributed by atoms with Crippen molar-refractivity contribution in [3.05, 3.63) is 71.8 Å². The minimum Gasteiger partial charge on any atom is -0.192 e. The van der Waals surface area contributed by atoms with E-state index in [4.69, 9.17) is 5.26 Å². The van der Waals surface area contributed by atoms with E-state index in [1.165, 1.54) is 28.3 Å². The van der Waals surface area contributed by atoms with Gasteiger partial charge < -0.3 is 0 Å². The van der Waals surface area contributed by atoms with Gasteiger partial charge in [-0.1, -0.05) is 55.8 Å². The summed E-state index contributed by atoms with van der Waals surface area (Å²) in [6, 6.07) is 23.1. The average Bonchev–Trinajstić information content (AvgIpc) is 2.55. The molecular weight excluding hydrogens is 254 g/mol. The summed E-state index contributed by atoms with van der Waals surface area (Å²) in [6.45, 7) is 2.21. The van der Waals surface area contributed by atoms with Crippen LogP contribution in [0.4, 0.5) is 0 Å². The lowest BCUT2D eigenvalue weighted by atomic mass is 9.98. The highest BCUT2D eigenvalue weighted by Gasteiger charge is 2.01. The minimum absolute atomic E-state index is 0.698. The molecule has 21 heavy (non-hydrogen) atoms. The van der Waals surface area contributed by atoms with Crippen molar-refractivity contribution in [1.82, 2.24) is 0 Å². The summed E-state index contributed by atoms with van der Waals surface area (Å²) in [5.41, 5.74) is 4.43. The van der Waals surface area contributed by atoms with Crippen LogP contribution in [0.5, 0.6) is 0 Å². The molecule has 3 aromatic carbocycles. The molecular formula is C20H17N. The van der Waals surface area contributed by atoms with Crippen molar-refractivity contribution in [2.24, 2.45) is 0 Å². The van der Waals surface area contributed by atoms with E-state index >= 15 is 0 Å². The van der Waals surface area contributed by atoms with Gasteiger partial charge in [-0.05, 0) is 52.1 Å². The molecule has 0 saturated heterocycles. The molecule has 0 heterocycles. The topological polar surface area (TPSA) is 23.8 Å². The summed E-state index contributed by atoms with van der Waals surface area (Å²) in [5, 5.41) is 11.4. The van der Waals surface area contributed by atoms with Crippen LogP contribution in [0.15, 0.2) is 60.7 Å². The monoisotopic (exact) mass is 271 g/mol. The SMILES string of the molecule is CCCc1ccc2cc(-c3ccc(C#N)cc3)ccc2c1. The van der Waals surface area contributed by atoms with Crippen LogP contribution < -0.4 is 0 Å². The minimum atomic E-state index is 0.698. The molecule has 0 aliphatic rings. The molecule has 0 aliphatic carbocycles. The van der Waals surface area contributed by atoms with Crippen molar-refractivity contribution >= 4 is 10.8 Å². The highest BCUT2D eigenvalue weighted by atomic mass is 14.2. The zero-order valence-electron chi connectivity index (χ0n) is 12.1. The van der Waals surface area contributed by atoms with E-state index in [2.05, 4.69) is 49.4 Å². The molecule has 3 rings (SSSR count). The maximum Gasteiger partial charge on any atom is 0.0991 e. The highest BCUT2D eigenvalue weighted by molar-refractivity contribution is 5.87. The van der Waals surface area contributed by atoms with Gasteiger partial charge >= 0.3 is 0 Å². The van der Waals surface area contributed by atoms with E-state index in [9.17, 15) is 0 Å². The molecule has 0 amide bonds. The summed E-state index contributed by atoms with van der Waals surface area (Å²) < 4.78 is 0. The third-order valence-corrected chi connectivity index (χ3v) is 3.79. The van der Waals surface area contributed by atoms with Gasteiger partial charge in [0.2, 0.25) is 0 Å². The fourth-order valence-electron chi connectivity index (χ4n) is 2.66. The number of hydrogen-bond acceptors (Lipinski definition) is 1. The third-order valence-electron chi connectivity index (χ3n) is 3.79. The number of hydrogen-bond donors (Lipinski definition) is 0. The molecule has 0 aromatic heterocycles. The molecule has 0 N–H and O–H groups in total. The Balaban J connectivity index is 2.00. The number of benzene rings is 3. The number of nitriles is 1. The van der Waals surface area contributed by atoms with Gasteiger partial charge in [0.05, 0.1) is 11.6 Å². The first-order valence-corrected chi connectivity index (χ1v) is 7.33. The molecule has 0 radical (unpaired) electrons. The lowest BCUT2D eigenvalue weighted by Gasteiger charge is -2.06. The molecule has 102 valence electrons. The largest absolute Gasteiger partial charge is 0.192 e. The van der Waals surface area contributed by atoms with Crippen molar-refractivity contribution in [1.29, 1.82) is 5.26 Å². The molecule has 0 atom stereocenters. The molecule has 1 heteroatoms. The summed E-state index contributed by atoms with van der Waals surface area (Å²) in [5.74, 6) is 0. The number of nitrogens with zero attached hydrogens (tertiary/aromatic N) is 1. The summed E-state index contributed by atoms with van der Waals surface area (Å²) in [4.78, 5) is 0. The quantitative estimate of drug-likeness (QED) is 0.631. The van der Waals surface area contributed by atoms with Crippen LogP contribution in [0.25, 0.3) is 21.9 Å². The van der Waals surface area contributed by atoms with Crippen LogP contribution >= 0.6 is 0 Å². The first-order chi connectivity index (χ1) is 10.3. The fraction of sp³-hybridized carbons (Fsp3) is 0.150. The lowest BCUT2D eigenvalue weighted by Crippen LogP contribution is -1.84. The predicted octanol–water partition coefficient (Wildman–Crippen LogP) is 5.33. The molecule has 0 fully saturated rings. The normalized spacial score (nSPS) is 10.5. The Hall–Kier alpha value is -2.59. The second kappa shape index (κ2) is 5.81. The Kier molecular flexibility index (Phi) is 3.71. The van der Waals surface area contributed by atoms with E-state index in [0.717, 1.165) is 12.0 Å². The van der Waals surface area contributed by atoms with E-state index in [1.807, 2.05) is 24.3 Å². The second-order valence-corrected chi connectivity index (χ2v) is 5.34. The zero-order chi connectivity index (χ0) is 14.7. The van der Waals surface area contributed by atoms with E-state index < -0.39 is 0 Å². The van der Waals surface area contributed by atoms with Crippen molar-refractivity contribution in [2.45, 2.75) is 19.8 Å². The summed E-state index contributed by atoms with van der Waals surface area (Å²) in [6.07, 6.45) is 2.31. The van der Waals surface area contributed by atoms with Gasteiger partial charge in [0, 0.05) is 0 Å². The van der Waals surface area contributed by atoms with E-state index in [1.54, 1.807) is 0 Å². The van der Waals surface area contributed by atoms with Crippen molar-refractivity contribution in [3.8, 4) is 17.2 Å². The number of rotatable bonds is 3. The van der Waals surface area contributed by atoms with Gasteiger partial charge in [0.15, 0.2) is 0 Å². The molecule has 3 aromatic rings. The Morgan fingerprint density at radius 1 is 0.810 bits per heavy atom. The van der Waals surface area contributed by atoms with Crippen molar-refractivity contribution < 1.29 is 0 Å². The van der Waals surface area contributed by atoms with Crippen molar-refractivity contribution in [3.63, 3.8) is 0 Å². The van der Waals surface area contributed by atoms with E-state index in [-0.39, 0.29) is 0 Å². The van der Waals surface area contributed by atoms with E-state index in [0.29, 0.717) is 5.56 Å². The second-order valence-electron chi connectivity index (χ2n) is 5.34. The van der Waals surface area contributed by atoms with Gasteiger partial charge in [-0.15, -0.1) is 0 Å². The van der Waals surface area contributed by atoms with Crippen LogP contribution in [0.2, 0.25) is 0 Å².